The number of alkyl halides is 1. The molecule has 14 heavy (non-hydrogen) atoms. The number of methoxy groups -OCH3 is 1. The zero-order chi connectivity index (χ0) is 10.2. The molecule has 0 bridgehead atoms. The van der Waals surface area contributed by atoms with Crippen molar-refractivity contribution in [2.45, 2.75) is 6.42 Å². The molecule has 0 saturated heterocycles. The van der Waals surface area contributed by atoms with E-state index in [-0.39, 0.29) is 0 Å². The minimum Gasteiger partial charge on any atom is -0.491 e. The topological polar surface area (TPSA) is 18.5 Å². The molecule has 0 fully saturated rings. The molecule has 0 N–H and O–H groups in total. The summed E-state index contributed by atoms with van der Waals surface area (Å²) in [6.45, 7) is 1.23. The Morgan fingerprint density at radius 3 is 2.43 bits per heavy atom. The van der Waals surface area contributed by atoms with Crippen LogP contribution in [0.2, 0.25) is 0 Å². The van der Waals surface area contributed by atoms with Gasteiger partial charge in [-0.2, -0.15) is 0 Å². The first-order valence-electron chi connectivity index (χ1n) is 4.63. The number of ether oxygens (including phenoxy) is 2. The van der Waals surface area contributed by atoms with Gasteiger partial charge in [-0.3, -0.25) is 0 Å². The van der Waals surface area contributed by atoms with Crippen LogP contribution in [0.25, 0.3) is 0 Å². The predicted molar refractivity (Wildman–Crippen MR) is 61.3 cm³/mol. The van der Waals surface area contributed by atoms with Gasteiger partial charge in [-0.05, 0) is 24.1 Å². The minimum atomic E-state index is 0.605. The Morgan fingerprint density at radius 1 is 1.14 bits per heavy atom. The maximum absolute atomic E-state index is 5.44. The van der Waals surface area contributed by atoms with Crippen molar-refractivity contribution < 1.29 is 9.47 Å². The molecule has 0 heterocycles. The molecule has 0 aliphatic heterocycles. The van der Waals surface area contributed by atoms with Crippen molar-refractivity contribution in [1.82, 2.24) is 0 Å². The summed E-state index contributed by atoms with van der Waals surface area (Å²) in [5.74, 6) is 0.903. The number of halogens is 1. The van der Waals surface area contributed by atoms with Crippen molar-refractivity contribution in [3.63, 3.8) is 0 Å². The molecule has 0 atom stereocenters. The normalized spacial score (nSPS) is 10.1. The maximum Gasteiger partial charge on any atom is 0.119 e. The van der Waals surface area contributed by atoms with Gasteiger partial charge in [0.1, 0.15) is 12.4 Å². The van der Waals surface area contributed by atoms with E-state index in [1.54, 1.807) is 7.11 Å². The fourth-order valence-corrected chi connectivity index (χ4v) is 1.56. The first-order valence-corrected chi connectivity index (χ1v) is 5.75. The van der Waals surface area contributed by atoms with Crippen LogP contribution < -0.4 is 4.74 Å². The molecule has 1 aromatic carbocycles. The SMILES string of the molecule is COCCOc1ccc(CCBr)cc1. The third kappa shape index (κ3) is 4.11. The zero-order valence-corrected chi connectivity index (χ0v) is 9.92. The number of benzene rings is 1. The highest BCUT2D eigenvalue weighted by Crippen LogP contribution is 2.12. The molecule has 0 amide bonds. The summed E-state index contributed by atoms with van der Waals surface area (Å²) in [6, 6.07) is 8.16. The lowest BCUT2D eigenvalue weighted by Gasteiger charge is -2.05. The van der Waals surface area contributed by atoms with Gasteiger partial charge in [0.05, 0.1) is 6.61 Å². The summed E-state index contributed by atoms with van der Waals surface area (Å²) in [7, 11) is 1.67. The second-order valence-electron chi connectivity index (χ2n) is 2.92. The van der Waals surface area contributed by atoms with Crippen LogP contribution in [-0.4, -0.2) is 25.7 Å². The van der Waals surface area contributed by atoms with E-state index < -0.39 is 0 Å². The van der Waals surface area contributed by atoms with Gasteiger partial charge >= 0.3 is 0 Å². The number of aryl methyl sites for hydroxylation is 1. The van der Waals surface area contributed by atoms with Crippen molar-refractivity contribution in [3.8, 4) is 5.75 Å². The summed E-state index contributed by atoms with van der Waals surface area (Å²) in [4.78, 5) is 0. The zero-order valence-electron chi connectivity index (χ0n) is 8.33. The molecule has 0 saturated carbocycles. The van der Waals surface area contributed by atoms with E-state index in [0.29, 0.717) is 13.2 Å². The van der Waals surface area contributed by atoms with Gasteiger partial charge < -0.3 is 9.47 Å². The van der Waals surface area contributed by atoms with Crippen LogP contribution >= 0.6 is 15.9 Å². The monoisotopic (exact) mass is 258 g/mol. The Morgan fingerprint density at radius 2 is 1.86 bits per heavy atom. The summed E-state index contributed by atoms with van der Waals surface area (Å²) in [6.07, 6.45) is 1.05. The van der Waals surface area contributed by atoms with Gasteiger partial charge in [0.25, 0.3) is 0 Å². The van der Waals surface area contributed by atoms with Gasteiger partial charge in [0.2, 0.25) is 0 Å². The van der Waals surface area contributed by atoms with E-state index in [2.05, 4.69) is 28.1 Å². The van der Waals surface area contributed by atoms with E-state index >= 15 is 0 Å². The molecule has 0 aliphatic carbocycles. The molecule has 2 nitrogen and oxygen atoms in total. The Balaban J connectivity index is 2.38. The lowest BCUT2D eigenvalue weighted by molar-refractivity contribution is 0.146. The molecule has 1 rings (SSSR count). The maximum atomic E-state index is 5.44. The molecular formula is C11H15BrO2. The molecule has 0 unspecified atom stereocenters. The van der Waals surface area contributed by atoms with Crippen LogP contribution in [0.5, 0.6) is 5.75 Å². The average molecular weight is 259 g/mol. The Labute approximate surface area is 93.4 Å². The Kier molecular flexibility index (Phi) is 5.64. The van der Waals surface area contributed by atoms with E-state index in [1.807, 2.05) is 12.1 Å². The molecule has 0 spiro atoms. The van der Waals surface area contributed by atoms with Crippen molar-refractivity contribution in [2.24, 2.45) is 0 Å². The second-order valence-corrected chi connectivity index (χ2v) is 3.72. The largest absolute Gasteiger partial charge is 0.491 e. The van der Waals surface area contributed by atoms with E-state index in [1.165, 1.54) is 5.56 Å². The standard InChI is InChI=1S/C11H15BrO2/c1-13-8-9-14-11-4-2-10(3-5-11)6-7-12/h2-5H,6-9H2,1H3. The molecule has 1 aromatic rings. The molecule has 0 radical (unpaired) electrons. The lowest BCUT2D eigenvalue weighted by Crippen LogP contribution is -2.04. The summed E-state index contributed by atoms with van der Waals surface area (Å²) in [5, 5.41) is 0.997. The van der Waals surface area contributed by atoms with Crippen LogP contribution in [0.4, 0.5) is 0 Å². The van der Waals surface area contributed by atoms with Gasteiger partial charge in [-0.25, -0.2) is 0 Å². The highest BCUT2D eigenvalue weighted by Gasteiger charge is 1.94. The summed E-state index contributed by atoms with van der Waals surface area (Å²) >= 11 is 3.41. The second kappa shape index (κ2) is 6.85. The van der Waals surface area contributed by atoms with Crippen LogP contribution in [0.1, 0.15) is 5.56 Å². The lowest BCUT2D eigenvalue weighted by atomic mass is 10.2. The molecule has 0 aromatic heterocycles. The number of rotatable bonds is 6. The van der Waals surface area contributed by atoms with E-state index in [9.17, 15) is 0 Å². The number of hydrogen-bond acceptors (Lipinski definition) is 2. The van der Waals surface area contributed by atoms with E-state index in [0.717, 1.165) is 17.5 Å². The first-order chi connectivity index (χ1) is 6.86. The van der Waals surface area contributed by atoms with Gasteiger partial charge in [0, 0.05) is 12.4 Å². The molecule has 78 valence electrons. The van der Waals surface area contributed by atoms with Crippen molar-refractivity contribution >= 4 is 15.9 Å². The van der Waals surface area contributed by atoms with Crippen molar-refractivity contribution in [1.29, 1.82) is 0 Å². The number of hydrogen-bond donors (Lipinski definition) is 0. The summed E-state index contributed by atoms with van der Waals surface area (Å²) in [5.41, 5.74) is 1.32. The van der Waals surface area contributed by atoms with Crippen LogP contribution in [-0.2, 0) is 11.2 Å². The van der Waals surface area contributed by atoms with Crippen LogP contribution in [0, 0.1) is 0 Å². The Hall–Kier alpha value is -0.540. The van der Waals surface area contributed by atoms with Gasteiger partial charge in [-0.1, -0.05) is 28.1 Å². The molecule has 0 aliphatic rings. The third-order valence-corrected chi connectivity index (χ3v) is 2.26. The predicted octanol–water partition coefficient (Wildman–Crippen LogP) is 2.65. The van der Waals surface area contributed by atoms with Crippen molar-refractivity contribution in [3.05, 3.63) is 29.8 Å². The molecule has 3 heteroatoms. The molecular weight excluding hydrogens is 244 g/mol. The van der Waals surface area contributed by atoms with E-state index in [4.69, 9.17) is 9.47 Å². The fraction of sp³-hybridized carbons (Fsp3) is 0.455. The third-order valence-electron chi connectivity index (χ3n) is 1.86. The fourth-order valence-electron chi connectivity index (χ4n) is 1.10. The van der Waals surface area contributed by atoms with Crippen LogP contribution in [0.3, 0.4) is 0 Å². The van der Waals surface area contributed by atoms with Gasteiger partial charge in [-0.15, -0.1) is 0 Å². The smallest absolute Gasteiger partial charge is 0.119 e. The Bertz CT molecular complexity index is 246. The summed E-state index contributed by atoms with van der Waals surface area (Å²) < 4.78 is 10.3. The van der Waals surface area contributed by atoms with Gasteiger partial charge in [0.15, 0.2) is 0 Å². The minimum absolute atomic E-state index is 0.605. The first kappa shape index (κ1) is 11.5. The highest BCUT2D eigenvalue weighted by molar-refractivity contribution is 9.09. The highest BCUT2D eigenvalue weighted by atomic mass is 79.9. The van der Waals surface area contributed by atoms with Crippen molar-refractivity contribution in [2.75, 3.05) is 25.7 Å². The van der Waals surface area contributed by atoms with Crippen LogP contribution in [0.15, 0.2) is 24.3 Å². The average Bonchev–Trinajstić information content (AvgIpc) is 2.21. The quantitative estimate of drug-likeness (QED) is 0.577.